The average molecular weight is 387 g/mol. The van der Waals surface area contributed by atoms with Gasteiger partial charge in [0.05, 0.1) is 17.0 Å². The highest BCUT2D eigenvalue weighted by atomic mass is 32.2. The Morgan fingerprint density at radius 1 is 1.35 bits per heavy atom. The van der Waals surface area contributed by atoms with Gasteiger partial charge in [-0.3, -0.25) is 4.79 Å². The van der Waals surface area contributed by atoms with E-state index in [1.165, 1.54) is 28.7 Å². The summed E-state index contributed by atoms with van der Waals surface area (Å²) in [5, 5.41) is 17.6. The number of tetrazole rings is 1. The van der Waals surface area contributed by atoms with E-state index in [1.54, 1.807) is 0 Å². The molecule has 0 spiro atoms. The first kappa shape index (κ1) is 17.2. The van der Waals surface area contributed by atoms with Gasteiger partial charge in [0.25, 0.3) is 0 Å². The molecule has 1 aliphatic rings. The van der Waals surface area contributed by atoms with Crippen LogP contribution in [0, 0.1) is 6.92 Å². The van der Waals surface area contributed by atoms with Crippen LogP contribution in [-0.2, 0) is 4.79 Å². The van der Waals surface area contributed by atoms with E-state index < -0.39 is 0 Å². The number of aryl methyl sites for hydroxylation is 1. The van der Waals surface area contributed by atoms with Crippen LogP contribution in [0.5, 0.6) is 0 Å². The minimum atomic E-state index is -0.315. The van der Waals surface area contributed by atoms with Gasteiger partial charge in [-0.15, -0.1) is 16.4 Å². The van der Waals surface area contributed by atoms with Crippen molar-refractivity contribution in [1.29, 1.82) is 0 Å². The lowest BCUT2D eigenvalue weighted by molar-refractivity contribution is -0.115. The number of hydrogen-bond donors (Lipinski definition) is 1. The predicted molar refractivity (Wildman–Crippen MR) is 102 cm³/mol. The number of nitrogens with one attached hydrogen (secondary N) is 1. The van der Waals surface area contributed by atoms with Crippen LogP contribution in [0.4, 0.5) is 5.13 Å². The second-order valence-corrected chi connectivity index (χ2v) is 8.46. The van der Waals surface area contributed by atoms with Gasteiger partial charge in [-0.05, 0) is 37.1 Å². The number of anilines is 1. The van der Waals surface area contributed by atoms with Crippen molar-refractivity contribution in [3.05, 3.63) is 35.2 Å². The first-order valence-electron chi connectivity index (χ1n) is 8.38. The third-order valence-electron chi connectivity index (χ3n) is 4.09. The van der Waals surface area contributed by atoms with Gasteiger partial charge in [0.1, 0.15) is 0 Å². The molecular weight excluding hydrogens is 368 g/mol. The normalized spacial score (nSPS) is 15.0. The number of thioether (sulfide) groups is 1. The number of hydrogen-bond acceptors (Lipinski definition) is 7. The molecule has 2 heterocycles. The molecule has 2 aromatic heterocycles. The summed E-state index contributed by atoms with van der Waals surface area (Å²) in [5.41, 5.74) is 3.11. The van der Waals surface area contributed by atoms with Crippen LogP contribution in [0.25, 0.3) is 11.3 Å². The molecule has 7 nitrogen and oxygen atoms in total. The molecule has 1 saturated carbocycles. The summed E-state index contributed by atoms with van der Waals surface area (Å²) in [5.74, 6) is -0.106. The van der Waals surface area contributed by atoms with E-state index in [2.05, 4.69) is 44.9 Å². The summed E-state index contributed by atoms with van der Waals surface area (Å²) in [4.78, 5) is 17.0. The molecule has 1 aromatic carbocycles. The maximum Gasteiger partial charge on any atom is 0.239 e. The Morgan fingerprint density at radius 3 is 2.85 bits per heavy atom. The van der Waals surface area contributed by atoms with Gasteiger partial charge in [0, 0.05) is 10.9 Å². The van der Waals surface area contributed by atoms with E-state index in [-0.39, 0.29) is 11.2 Å². The lowest BCUT2D eigenvalue weighted by atomic mass is 10.1. The van der Waals surface area contributed by atoms with Crippen molar-refractivity contribution in [1.82, 2.24) is 25.2 Å². The smallest absolute Gasteiger partial charge is 0.239 e. The Balaban J connectivity index is 1.39. The molecule has 4 rings (SSSR count). The Bertz CT molecular complexity index is 915. The summed E-state index contributed by atoms with van der Waals surface area (Å²) < 4.78 is 1.81. The molecule has 1 fully saturated rings. The number of carbonyl (C=O) groups is 1. The standard InChI is InChI=1S/C17H18N6OS2/c1-10-3-5-12(6-4-10)14-9-25-16(18-14)19-15(24)11(2)26-17-20-21-22-23(17)13-7-8-13/h3-6,9,11,13H,7-8H2,1-2H3,(H,18,19,24)/t11-/m1/s1. The first-order valence-corrected chi connectivity index (χ1v) is 10.1. The summed E-state index contributed by atoms with van der Waals surface area (Å²) >= 11 is 2.79. The van der Waals surface area contributed by atoms with Crippen LogP contribution in [-0.4, -0.2) is 36.3 Å². The highest BCUT2D eigenvalue weighted by molar-refractivity contribution is 8.00. The minimum absolute atomic E-state index is 0.106. The van der Waals surface area contributed by atoms with Crippen molar-refractivity contribution in [2.45, 2.75) is 43.1 Å². The van der Waals surface area contributed by atoms with E-state index in [9.17, 15) is 4.79 Å². The van der Waals surface area contributed by atoms with Crippen molar-refractivity contribution in [2.75, 3.05) is 5.32 Å². The van der Waals surface area contributed by atoms with Crippen LogP contribution in [0.2, 0.25) is 0 Å². The summed E-state index contributed by atoms with van der Waals surface area (Å²) in [7, 11) is 0. The fourth-order valence-corrected chi connectivity index (χ4v) is 4.00. The van der Waals surface area contributed by atoms with E-state index in [4.69, 9.17) is 0 Å². The lowest BCUT2D eigenvalue weighted by Crippen LogP contribution is -2.22. The zero-order chi connectivity index (χ0) is 18.1. The van der Waals surface area contributed by atoms with Gasteiger partial charge in [0.2, 0.25) is 11.1 Å². The molecule has 0 unspecified atom stereocenters. The molecule has 26 heavy (non-hydrogen) atoms. The number of nitrogens with zero attached hydrogens (tertiary/aromatic N) is 5. The Hall–Kier alpha value is -2.26. The summed E-state index contributed by atoms with van der Waals surface area (Å²) in [6.45, 7) is 3.90. The maximum absolute atomic E-state index is 12.5. The van der Waals surface area contributed by atoms with Gasteiger partial charge < -0.3 is 5.32 Å². The lowest BCUT2D eigenvalue weighted by Gasteiger charge is -2.09. The number of rotatable bonds is 6. The van der Waals surface area contributed by atoms with Gasteiger partial charge in [-0.1, -0.05) is 41.6 Å². The van der Waals surface area contributed by atoms with Crippen molar-refractivity contribution < 1.29 is 4.79 Å². The quantitative estimate of drug-likeness (QED) is 0.652. The summed E-state index contributed by atoms with van der Waals surface area (Å²) in [6.07, 6.45) is 2.19. The van der Waals surface area contributed by atoms with Crippen LogP contribution in [0.15, 0.2) is 34.8 Å². The van der Waals surface area contributed by atoms with E-state index in [1.807, 2.05) is 29.1 Å². The summed E-state index contributed by atoms with van der Waals surface area (Å²) in [6, 6.07) is 8.56. The fourth-order valence-electron chi connectivity index (χ4n) is 2.42. The zero-order valence-electron chi connectivity index (χ0n) is 14.4. The molecule has 1 atom stereocenters. The minimum Gasteiger partial charge on any atom is -0.301 e. The van der Waals surface area contributed by atoms with Crippen molar-refractivity contribution in [3.8, 4) is 11.3 Å². The van der Waals surface area contributed by atoms with Gasteiger partial charge in [-0.25, -0.2) is 9.67 Å². The van der Waals surface area contributed by atoms with Crippen molar-refractivity contribution in [3.63, 3.8) is 0 Å². The molecule has 0 bridgehead atoms. The second kappa shape index (κ2) is 7.16. The molecule has 1 N–H and O–H groups in total. The Morgan fingerprint density at radius 2 is 2.12 bits per heavy atom. The molecule has 134 valence electrons. The highest BCUT2D eigenvalue weighted by Crippen LogP contribution is 2.37. The molecule has 0 aliphatic heterocycles. The van der Waals surface area contributed by atoms with Gasteiger partial charge >= 0.3 is 0 Å². The second-order valence-electron chi connectivity index (χ2n) is 6.29. The Kier molecular flexibility index (Phi) is 4.73. The maximum atomic E-state index is 12.5. The SMILES string of the molecule is Cc1ccc(-c2csc(NC(=O)[C@@H](C)Sc3nnnn3C3CC3)n2)cc1. The van der Waals surface area contributed by atoms with Crippen molar-refractivity contribution >= 4 is 34.1 Å². The predicted octanol–water partition coefficient (Wildman–Crippen LogP) is 3.56. The molecule has 3 aromatic rings. The zero-order valence-corrected chi connectivity index (χ0v) is 16.0. The van der Waals surface area contributed by atoms with E-state index >= 15 is 0 Å². The molecule has 1 aliphatic carbocycles. The molecule has 0 saturated heterocycles. The molecule has 9 heteroatoms. The number of carbonyl (C=O) groups excluding carboxylic acids is 1. The van der Waals surface area contributed by atoms with Gasteiger partial charge in [0.15, 0.2) is 5.13 Å². The van der Waals surface area contributed by atoms with Crippen LogP contribution in [0.1, 0.15) is 31.4 Å². The largest absolute Gasteiger partial charge is 0.301 e. The number of aromatic nitrogens is 5. The van der Waals surface area contributed by atoms with Crippen LogP contribution < -0.4 is 5.32 Å². The Labute approximate surface area is 159 Å². The van der Waals surface area contributed by atoms with Crippen LogP contribution >= 0.6 is 23.1 Å². The fraction of sp³-hybridized carbons (Fsp3) is 0.353. The average Bonchev–Trinajstić information content (AvgIpc) is 3.19. The monoisotopic (exact) mass is 386 g/mol. The van der Waals surface area contributed by atoms with E-state index in [0.717, 1.165) is 24.1 Å². The highest BCUT2D eigenvalue weighted by Gasteiger charge is 2.29. The van der Waals surface area contributed by atoms with Crippen LogP contribution in [0.3, 0.4) is 0 Å². The number of amides is 1. The number of benzene rings is 1. The van der Waals surface area contributed by atoms with Crippen molar-refractivity contribution in [2.24, 2.45) is 0 Å². The first-order chi connectivity index (χ1) is 12.6. The topological polar surface area (TPSA) is 85.6 Å². The molecular formula is C17H18N6OS2. The number of thiazole rings is 1. The third kappa shape index (κ3) is 3.78. The third-order valence-corrected chi connectivity index (χ3v) is 5.89. The van der Waals surface area contributed by atoms with Gasteiger partial charge in [-0.2, -0.15) is 0 Å². The van der Waals surface area contributed by atoms with E-state index in [0.29, 0.717) is 16.3 Å². The molecule has 1 amide bonds. The molecule has 0 radical (unpaired) electrons.